The van der Waals surface area contributed by atoms with E-state index in [9.17, 15) is 27.6 Å². The standard InChI is InChI=1S/C27H18Cl2F3IN2O5/c1-2-39-22-11-15(10-20(33)23(22)40-13-14-4-3-5-17(28)8-14)9-18-24(36)34-26(38)35(25(18)37)21-12-16(27(30,31)32)6-7-19(21)29/h3-12H,2,13H2,1H3,(H,34,36,38)/b18-9-. The zero-order valence-electron chi connectivity index (χ0n) is 20.4. The second-order valence-electron chi connectivity index (χ2n) is 8.30. The lowest BCUT2D eigenvalue weighted by Crippen LogP contribution is -2.54. The summed E-state index contributed by atoms with van der Waals surface area (Å²) in [6, 6.07) is 11.2. The minimum absolute atomic E-state index is 0.187. The summed E-state index contributed by atoms with van der Waals surface area (Å²) in [6.45, 7) is 2.23. The molecule has 3 aromatic carbocycles. The number of carbonyl (C=O) groups excluding carboxylic acids is 3. The molecule has 7 nitrogen and oxygen atoms in total. The topological polar surface area (TPSA) is 84.9 Å². The number of carbonyl (C=O) groups is 3. The molecule has 0 aliphatic carbocycles. The van der Waals surface area contributed by atoms with E-state index >= 15 is 0 Å². The maximum atomic E-state index is 13.3. The van der Waals surface area contributed by atoms with Crippen LogP contribution < -0.4 is 19.7 Å². The zero-order chi connectivity index (χ0) is 29.2. The lowest BCUT2D eigenvalue weighted by molar-refractivity contribution is -0.137. The summed E-state index contributed by atoms with van der Waals surface area (Å²) in [5.74, 6) is -1.44. The van der Waals surface area contributed by atoms with Crippen molar-refractivity contribution in [1.29, 1.82) is 0 Å². The van der Waals surface area contributed by atoms with Crippen molar-refractivity contribution in [3.63, 3.8) is 0 Å². The maximum Gasteiger partial charge on any atom is 0.416 e. The Balaban J connectivity index is 1.70. The Hall–Kier alpha value is -3.29. The first-order valence-corrected chi connectivity index (χ1v) is 13.3. The summed E-state index contributed by atoms with van der Waals surface area (Å²) in [5, 5.41) is 2.23. The van der Waals surface area contributed by atoms with Crippen molar-refractivity contribution in [2.24, 2.45) is 0 Å². The summed E-state index contributed by atoms with van der Waals surface area (Å²) in [7, 11) is 0. The molecule has 0 spiro atoms. The molecule has 40 heavy (non-hydrogen) atoms. The van der Waals surface area contributed by atoms with Crippen molar-refractivity contribution in [1.82, 2.24) is 5.32 Å². The first-order valence-electron chi connectivity index (χ1n) is 11.5. The molecule has 13 heteroatoms. The van der Waals surface area contributed by atoms with Gasteiger partial charge in [0.05, 0.1) is 26.5 Å². The van der Waals surface area contributed by atoms with Crippen LogP contribution in [-0.2, 0) is 22.4 Å². The molecule has 1 N–H and O–H groups in total. The lowest BCUT2D eigenvalue weighted by Gasteiger charge is -2.27. The fourth-order valence-electron chi connectivity index (χ4n) is 3.76. The van der Waals surface area contributed by atoms with E-state index in [0.29, 0.717) is 42.7 Å². The number of ether oxygens (including phenoxy) is 2. The number of benzene rings is 3. The van der Waals surface area contributed by atoms with Gasteiger partial charge in [-0.2, -0.15) is 13.2 Å². The van der Waals surface area contributed by atoms with Crippen LogP contribution in [0.15, 0.2) is 60.2 Å². The Morgan fingerprint density at radius 2 is 1.77 bits per heavy atom. The Bertz CT molecular complexity index is 1550. The van der Waals surface area contributed by atoms with Gasteiger partial charge in [0.25, 0.3) is 11.8 Å². The van der Waals surface area contributed by atoms with Crippen LogP contribution in [-0.4, -0.2) is 24.5 Å². The van der Waals surface area contributed by atoms with Gasteiger partial charge in [-0.1, -0.05) is 35.3 Å². The monoisotopic (exact) mass is 704 g/mol. The average molecular weight is 705 g/mol. The van der Waals surface area contributed by atoms with E-state index in [-0.39, 0.29) is 18.2 Å². The molecule has 1 heterocycles. The predicted molar refractivity (Wildman–Crippen MR) is 152 cm³/mol. The van der Waals surface area contributed by atoms with Crippen LogP contribution in [0.1, 0.15) is 23.6 Å². The van der Waals surface area contributed by atoms with E-state index < -0.39 is 40.8 Å². The number of halogens is 6. The number of hydrogen-bond acceptors (Lipinski definition) is 5. The van der Waals surface area contributed by atoms with Gasteiger partial charge in [-0.05, 0) is 89.2 Å². The number of hydrogen-bond donors (Lipinski definition) is 1. The minimum Gasteiger partial charge on any atom is -0.490 e. The number of rotatable bonds is 7. The summed E-state index contributed by atoms with van der Waals surface area (Å²) in [4.78, 5) is 38.8. The third-order valence-electron chi connectivity index (χ3n) is 5.53. The summed E-state index contributed by atoms with van der Waals surface area (Å²) < 4.78 is 52.1. The molecule has 1 fully saturated rings. The fraction of sp³-hybridized carbons (Fsp3) is 0.148. The molecule has 4 amide bonds. The molecule has 1 saturated heterocycles. The number of barbiturate groups is 1. The van der Waals surface area contributed by atoms with Crippen molar-refractivity contribution >= 4 is 75.4 Å². The highest BCUT2D eigenvalue weighted by molar-refractivity contribution is 14.1. The van der Waals surface area contributed by atoms with E-state index in [1.165, 1.54) is 12.1 Å². The third kappa shape index (κ3) is 6.53. The first-order chi connectivity index (χ1) is 18.9. The minimum atomic E-state index is -4.76. The van der Waals surface area contributed by atoms with Gasteiger partial charge in [0, 0.05) is 5.02 Å². The zero-order valence-corrected chi connectivity index (χ0v) is 24.1. The Morgan fingerprint density at radius 1 is 1.02 bits per heavy atom. The second-order valence-corrected chi connectivity index (χ2v) is 10.3. The third-order valence-corrected chi connectivity index (χ3v) is 6.89. The molecular formula is C27H18Cl2F3IN2O5. The molecule has 0 bridgehead atoms. The number of nitrogens with one attached hydrogen (secondary N) is 1. The van der Waals surface area contributed by atoms with Gasteiger partial charge in [-0.3, -0.25) is 14.9 Å². The molecule has 1 aliphatic rings. The van der Waals surface area contributed by atoms with Gasteiger partial charge in [0.2, 0.25) is 0 Å². The van der Waals surface area contributed by atoms with Gasteiger partial charge in [-0.25, -0.2) is 9.69 Å². The molecule has 0 atom stereocenters. The highest BCUT2D eigenvalue weighted by Crippen LogP contribution is 2.38. The smallest absolute Gasteiger partial charge is 0.416 e. The molecule has 3 aromatic rings. The number of urea groups is 1. The van der Waals surface area contributed by atoms with Gasteiger partial charge < -0.3 is 9.47 Å². The van der Waals surface area contributed by atoms with Crippen LogP contribution >= 0.6 is 45.8 Å². The Morgan fingerprint density at radius 3 is 2.45 bits per heavy atom. The second kappa shape index (κ2) is 12.1. The molecule has 0 aromatic heterocycles. The van der Waals surface area contributed by atoms with Crippen LogP contribution in [0.25, 0.3) is 6.08 Å². The van der Waals surface area contributed by atoms with Crippen LogP contribution in [0.2, 0.25) is 10.0 Å². The van der Waals surface area contributed by atoms with Gasteiger partial charge in [0.1, 0.15) is 12.2 Å². The van der Waals surface area contributed by atoms with Crippen molar-refractivity contribution in [3.8, 4) is 11.5 Å². The highest BCUT2D eigenvalue weighted by Gasteiger charge is 2.39. The van der Waals surface area contributed by atoms with Crippen LogP contribution in [0.3, 0.4) is 0 Å². The number of nitrogens with zero attached hydrogens (tertiary/aromatic N) is 1. The molecule has 0 unspecified atom stereocenters. The van der Waals surface area contributed by atoms with E-state index in [4.69, 9.17) is 32.7 Å². The highest BCUT2D eigenvalue weighted by atomic mass is 127. The normalized spacial score (nSPS) is 14.9. The van der Waals surface area contributed by atoms with Crippen molar-refractivity contribution in [2.75, 3.05) is 11.5 Å². The van der Waals surface area contributed by atoms with E-state index in [1.54, 1.807) is 31.2 Å². The van der Waals surface area contributed by atoms with Crippen LogP contribution in [0.5, 0.6) is 11.5 Å². The molecular weight excluding hydrogens is 687 g/mol. The van der Waals surface area contributed by atoms with Crippen LogP contribution in [0, 0.1) is 3.57 Å². The SMILES string of the molecule is CCOc1cc(/C=C2/C(=O)NC(=O)N(c3cc(C(F)(F)F)ccc3Cl)C2=O)cc(I)c1OCc1cccc(Cl)c1. The van der Waals surface area contributed by atoms with Crippen molar-refractivity contribution < 1.29 is 37.0 Å². The molecule has 4 rings (SSSR count). The van der Waals surface area contributed by atoms with Gasteiger partial charge >= 0.3 is 12.2 Å². The number of alkyl halides is 3. The summed E-state index contributed by atoms with van der Waals surface area (Å²) in [5.41, 5.74) is -0.991. The molecule has 208 valence electrons. The van der Waals surface area contributed by atoms with Crippen molar-refractivity contribution in [2.45, 2.75) is 19.7 Å². The number of imide groups is 2. The average Bonchev–Trinajstić information content (AvgIpc) is 2.86. The van der Waals surface area contributed by atoms with E-state index in [0.717, 1.165) is 11.6 Å². The largest absolute Gasteiger partial charge is 0.490 e. The van der Waals surface area contributed by atoms with E-state index in [1.807, 2.05) is 34.0 Å². The fourth-order valence-corrected chi connectivity index (χ4v) is 4.96. The molecule has 0 radical (unpaired) electrons. The number of amides is 4. The van der Waals surface area contributed by atoms with Crippen molar-refractivity contribution in [3.05, 3.63) is 90.5 Å². The maximum absolute atomic E-state index is 13.3. The number of anilines is 1. The first kappa shape index (κ1) is 29.7. The summed E-state index contributed by atoms with van der Waals surface area (Å²) >= 11 is 14.1. The van der Waals surface area contributed by atoms with Gasteiger partial charge in [-0.15, -0.1) is 0 Å². The van der Waals surface area contributed by atoms with Gasteiger partial charge in [0.15, 0.2) is 11.5 Å². The Labute approximate surface area is 250 Å². The summed E-state index contributed by atoms with van der Waals surface area (Å²) in [6.07, 6.45) is -3.56. The Kier molecular flexibility index (Phi) is 8.96. The van der Waals surface area contributed by atoms with Crippen LogP contribution in [0.4, 0.5) is 23.7 Å². The van der Waals surface area contributed by atoms with E-state index in [2.05, 4.69) is 0 Å². The molecule has 0 saturated carbocycles. The predicted octanol–water partition coefficient (Wildman–Crippen LogP) is 7.26. The molecule has 1 aliphatic heterocycles. The lowest BCUT2D eigenvalue weighted by atomic mass is 10.1. The quantitative estimate of drug-likeness (QED) is 0.159.